The summed E-state index contributed by atoms with van der Waals surface area (Å²) in [7, 11) is 0. The van der Waals surface area contributed by atoms with E-state index in [1.807, 2.05) is 13.8 Å². The van der Waals surface area contributed by atoms with Crippen LogP contribution in [-0.2, 0) is 9.53 Å². The lowest BCUT2D eigenvalue weighted by atomic mass is 10.1. The van der Waals surface area contributed by atoms with Crippen LogP contribution in [-0.4, -0.2) is 12.6 Å². The van der Waals surface area contributed by atoms with Crippen LogP contribution in [0.25, 0.3) is 0 Å². The molecule has 24 heavy (non-hydrogen) atoms. The molecule has 2 nitrogen and oxygen atoms in total. The quantitative estimate of drug-likeness (QED) is 0.159. The van der Waals surface area contributed by atoms with Crippen molar-refractivity contribution in [1.82, 2.24) is 0 Å². The van der Waals surface area contributed by atoms with E-state index in [0.717, 1.165) is 6.42 Å². The average Bonchev–Trinajstić information content (AvgIpc) is 2.57. The zero-order valence-corrected chi connectivity index (χ0v) is 16.7. The van der Waals surface area contributed by atoms with Crippen molar-refractivity contribution in [2.45, 2.75) is 111 Å². The van der Waals surface area contributed by atoms with Crippen LogP contribution in [0.1, 0.15) is 111 Å². The number of hydrogen-bond acceptors (Lipinski definition) is 2. The van der Waals surface area contributed by atoms with Crippen molar-refractivity contribution in [3.63, 3.8) is 0 Å². The van der Waals surface area contributed by atoms with Gasteiger partial charge < -0.3 is 4.74 Å². The standard InChI is InChI=1S/C22H42O2/c1-4-5-6-7-8-9-10-11-12-13-14-15-16-17-18-19-20-24-22(23)21(2)3/h11-12,21H,4-10,13-20H2,1-3H3. The first-order valence-electron chi connectivity index (χ1n) is 10.5. The Balaban J connectivity index is 3.14. The van der Waals surface area contributed by atoms with E-state index in [9.17, 15) is 4.79 Å². The Morgan fingerprint density at radius 3 is 1.71 bits per heavy atom. The smallest absolute Gasteiger partial charge is 0.308 e. The molecule has 2 heteroatoms. The summed E-state index contributed by atoms with van der Waals surface area (Å²) in [6, 6.07) is 0. The van der Waals surface area contributed by atoms with E-state index in [0.29, 0.717) is 6.61 Å². The largest absolute Gasteiger partial charge is 0.465 e. The molecular formula is C22H42O2. The molecule has 0 aromatic carbocycles. The van der Waals surface area contributed by atoms with Crippen LogP contribution in [0.3, 0.4) is 0 Å². The topological polar surface area (TPSA) is 26.3 Å². The number of esters is 1. The molecule has 0 spiro atoms. The third-order valence-corrected chi connectivity index (χ3v) is 4.37. The summed E-state index contributed by atoms with van der Waals surface area (Å²) < 4.78 is 5.17. The van der Waals surface area contributed by atoms with Crippen molar-refractivity contribution in [2.75, 3.05) is 6.61 Å². The minimum Gasteiger partial charge on any atom is -0.465 e. The van der Waals surface area contributed by atoms with E-state index in [1.165, 1.54) is 83.5 Å². The molecule has 0 aliphatic rings. The third kappa shape index (κ3) is 17.6. The van der Waals surface area contributed by atoms with Gasteiger partial charge in [-0.15, -0.1) is 0 Å². The first-order valence-corrected chi connectivity index (χ1v) is 10.5. The van der Waals surface area contributed by atoms with Crippen LogP contribution >= 0.6 is 0 Å². The second-order valence-corrected chi connectivity index (χ2v) is 7.26. The van der Waals surface area contributed by atoms with Crippen molar-refractivity contribution in [3.05, 3.63) is 12.2 Å². The lowest BCUT2D eigenvalue weighted by Gasteiger charge is -2.06. The van der Waals surface area contributed by atoms with Crippen LogP contribution in [0.4, 0.5) is 0 Å². The summed E-state index contributed by atoms with van der Waals surface area (Å²) in [6.07, 6.45) is 23.0. The van der Waals surface area contributed by atoms with Crippen LogP contribution in [0.2, 0.25) is 0 Å². The molecule has 0 atom stereocenters. The minimum absolute atomic E-state index is 0.000822. The Bertz CT molecular complexity index is 294. The number of rotatable bonds is 17. The number of carbonyl (C=O) groups excluding carboxylic acids is 1. The van der Waals surface area contributed by atoms with Gasteiger partial charge in [-0.05, 0) is 32.1 Å². The maximum Gasteiger partial charge on any atom is 0.308 e. The zero-order chi connectivity index (χ0) is 17.9. The summed E-state index contributed by atoms with van der Waals surface area (Å²) in [6.45, 7) is 6.63. The highest BCUT2D eigenvalue weighted by atomic mass is 16.5. The summed E-state index contributed by atoms with van der Waals surface area (Å²) in [5, 5.41) is 0. The van der Waals surface area contributed by atoms with Gasteiger partial charge in [0.2, 0.25) is 0 Å². The fraction of sp³-hybridized carbons (Fsp3) is 0.864. The Labute approximate surface area is 151 Å². The van der Waals surface area contributed by atoms with Crippen LogP contribution in [0, 0.1) is 5.92 Å². The maximum atomic E-state index is 11.3. The van der Waals surface area contributed by atoms with Gasteiger partial charge in [0.15, 0.2) is 0 Å². The SMILES string of the molecule is CCCCCCCCC=CCCCCCCCCOC(=O)C(C)C. The molecule has 0 heterocycles. The van der Waals surface area contributed by atoms with Gasteiger partial charge in [0.05, 0.1) is 12.5 Å². The Morgan fingerprint density at radius 1 is 0.750 bits per heavy atom. The van der Waals surface area contributed by atoms with E-state index in [2.05, 4.69) is 19.1 Å². The van der Waals surface area contributed by atoms with Gasteiger partial charge in [-0.2, -0.15) is 0 Å². The second-order valence-electron chi connectivity index (χ2n) is 7.26. The van der Waals surface area contributed by atoms with Crippen LogP contribution < -0.4 is 0 Å². The molecule has 0 aliphatic carbocycles. The third-order valence-electron chi connectivity index (χ3n) is 4.37. The van der Waals surface area contributed by atoms with Crippen molar-refractivity contribution in [3.8, 4) is 0 Å². The molecule has 0 unspecified atom stereocenters. The minimum atomic E-state index is -0.0669. The molecule has 0 bridgehead atoms. The van der Waals surface area contributed by atoms with Gasteiger partial charge >= 0.3 is 5.97 Å². The molecule has 0 radical (unpaired) electrons. The average molecular weight is 339 g/mol. The first-order chi connectivity index (χ1) is 11.7. The van der Waals surface area contributed by atoms with Crippen molar-refractivity contribution >= 4 is 5.97 Å². The fourth-order valence-electron chi connectivity index (χ4n) is 2.69. The molecule has 0 aliphatic heterocycles. The number of allylic oxidation sites excluding steroid dienone is 2. The lowest BCUT2D eigenvalue weighted by molar-refractivity contribution is -0.147. The van der Waals surface area contributed by atoms with Gasteiger partial charge in [0, 0.05) is 0 Å². The van der Waals surface area contributed by atoms with E-state index in [1.54, 1.807) is 0 Å². The van der Waals surface area contributed by atoms with Crippen molar-refractivity contribution in [1.29, 1.82) is 0 Å². The summed E-state index contributed by atoms with van der Waals surface area (Å²) in [4.78, 5) is 11.3. The maximum absolute atomic E-state index is 11.3. The molecule has 0 amide bonds. The molecule has 0 aromatic rings. The summed E-state index contributed by atoms with van der Waals surface area (Å²) >= 11 is 0. The number of ether oxygens (including phenoxy) is 1. The van der Waals surface area contributed by atoms with E-state index < -0.39 is 0 Å². The molecular weight excluding hydrogens is 296 g/mol. The highest BCUT2D eigenvalue weighted by Crippen LogP contribution is 2.10. The molecule has 0 saturated carbocycles. The normalized spacial score (nSPS) is 11.5. The first kappa shape index (κ1) is 23.2. The van der Waals surface area contributed by atoms with E-state index >= 15 is 0 Å². The second kappa shape index (κ2) is 18.5. The predicted molar refractivity (Wildman–Crippen MR) is 105 cm³/mol. The van der Waals surface area contributed by atoms with E-state index in [-0.39, 0.29) is 11.9 Å². The lowest BCUT2D eigenvalue weighted by Crippen LogP contribution is -2.12. The van der Waals surface area contributed by atoms with Gasteiger partial charge in [-0.25, -0.2) is 0 Å². The Hall–Kier alpha value is -0.790. The Kier molecular flexibility index (Phi) is 17.9. The van der Waals surface area contributed by atoms with Gasteiger partial charge in [0.1, 0.15) is 0 Å². The number of carbonyl (C=O) groups is 1. The molecule has 0 fully saturated rings. The number of unbranched alkanes of at least 4 members (excludes halogenated alkanes) is 12. The Morgan fingerprint density at radius 2 is 1.21 bits per heavy atom. The molecule has 0 N–H and O–H groups in total. The highest BCUT2D eigenvalue weighted by molar-refractivity contribution is 5.71. The van der Waals surface area contributed by atoms with Crippen LogP contribution in [0.5, 0.6) is 0 Å². The summed E-state index contributed by atoms with van der Waals surface area (Å²) in [5.41, 5.74) is 0. The number of hydrogen-bond donors (Lipinski definition) is 0. The highest BCUT2D eigenvalue weighted by Gasteiger charge is 2.06. The monoisotopic (exact) mass is 338 g/mol. The van der Waals surface area contributed by atoms with Gasteiger partial charge in [-0.1, -0.05) is 90.7 Å². The fourth-order valence-corrected chi connectivity index (χ4v) is 2.69. The zero-order valence-electron chi connectivity index (χ0n) is 16.7. The van der Waals surface area contributed by atoms with Crippen molar-refractivity contribution < 1.29 is 9.53 Å². The van der Waals surface area contributed by atoms with Crippen LogP contribution in [0.15, 0.2) is 12.2 Å². The van der Waals surface area contributed by atoms with Gasteiger partial charge in [0.25, 0.3) is 0 Å². The van der Waals surface area contributed by atoms with Gasteiger partial charge in [-0.3, -0.25) is 4.79 Å². The van der Waals surface area contributed by atoms with Crippen molar-refractivity contribution in [2.24, 2.45) is 5.92 Å². The molecule has 0 rings (SSSR count). The molecule has 0 saturated heterocycles. The molecule has 142 valence electrons. The summed E-state index contributed by atoms with van der Waals surface area (Å²) in [5.74, 6) is -0.0677. The predicted octanol–water partition coefficient (Wildman–Crippen LogP) is 7.22. The molecule has 0 aromatic heterocycles. The van der Waals surface area contributed by atoms with E-state index in [4.69, 9.17) is 4.74 Å².